The molecule has 1 aliphatic heterocycles. The molecule has 4 rings (SSSR count). The number of hydrogen-bond donors (Lipinski definition) is 1. The largest absolute Gasteiger partial charge is 0.423 e. The molecule has 8 heteroatoms. The Kier molecular flexibility index (Phi) is 6.22. The van der Waals surface area contributed by atoms with Crippen molar-refractivity contribution in [1.29, 1.82) is 0 Å². The number of amides is 2. The van der Waals surface area contributed by atoms with E-state index in [0.717, 1.165) is 16.0 Å². The van der Waals surface area contributed by atoms with Crippen LogP contribution in [0.25, 0.3) is 0 Å². The summed E-state index contributed by atoms with van der Waals surface area (Å²) in [6.07, 6.45) is 0. The van der Waals surface area contributed by atoms with Crippen molar-refractivity contribution < 1.29 is 19.1 Å². The number of aryl methyl sites for hydroxylation is 2. The summed E-state index contributed by atoms with van der Waals surface area (Å²) in [6, 6.07) is 18.2. The molecule has 0 fully saturated rings. The van der Waals surface area contributed by atoms with Crippen LogP contribution in [0.1, 0.15) is 21.5 Å². The van der Waals surface area contributed by atoms with E-state index >= 15 is 0 Å². The van der Waals surface area contributed by atoms with Crippen molar-refractivity contribution >= 4 is 52.4 Å². The number of hydrogen-bond acceptors (Lipinski definition) is 5. The molecule has 6 nitrogen and oxygen atoms in total. The van der Waals surface area contributed by atoms with Gasteiger partial charge in [-0.15, -0.1) is 0 Å². The van der Waals surface area contributed by atoms with Crippen molar-refractivity contribution in [3.05, 3.63) is 99.2 Å². The van der Waals surface area contributed by atoms with Crippen LogP contribution in [0.4, 0.5) is 11.4 Å². The van der Waals surface area contributed by atoms with Gasteiger partial charge in [-0.1, -0.05) is 40.9 Å². The standard InChI is InChI=1S/C25H18Cl2N2O4/c1-14-3-10-19(11-4-14)29-23(30)21(27)22(24(29)31)28-18-8-5-16(6-9-18)25(32)33-20-12-7-17(26)13-15(20)2/h3-13,28H,1-2H3. The van der Waals surface area contributed by atoms with Crippen LogP contribution in [0.15, 0.2) is 77.5 Å². The Hall–Kier alpha value is -3.61. The third kappa shape index (κ3) is 4.62. The second kappa shape index (κ2) is 9.10. The molecule has 33 heavy (non-hydrogen) atoms. The Morgan fingerprint density at radius 1 is 0.879 bits per heavy atom. The van der Waals surface area contributed by atoms with E-state index in [1.807, 2.05) is 6.92 Å². The van der Waals surface area contributed by atoms with Gasteiger partial charge in [0.2, 0.25) is 0 Å². The lowest BCUT2D eigenvalue weighted by molar-refractivity contribution is -0.120. The van der Waals surface area contributed by atoms with Crippen LogP contribution < -0.4 is 15.0 Å². The van der Waals surface area contributed by atoms with Crippen molar-refractivity contribution in [2.75, 3.05) is 10.2 Å². The molecule has 0 aromatic heterocycles. The van der Waals surface area contributed by atoms with Gasteiger partial charge in [0.25, 0.3) is 11.8 Å². The first-order valence-corrected chi connectivity index (χ1v) is 10.7. The van der Waals surface area contributed by atoms with Crippen molar-refractivity contribution in [3.8, 4) is 5.75 Å². The van der Waals surface area contributed by atoms with Gasteiger partial charge in [-0.2, -0.15) is 0 Å². The molecule has 0 bridgehead atoms. The molecular formula is C25H18Cl2N2O4. The number of imide groups is 1. The zero-order valence-corrected chi connectivity index (χ0v) is 19.2. The fourth-order valence-electron chi connectivity index (χ4n) is 3.26. The molecule has 0 aliphatic carbocycles. The van der Waals surface area contributed by atoms with Gasteiger partial charge in [0.1, 0.15) is 16.5 Å². The number of nitrogens with one attached hydrogen (secondary N) is 1. The van der Waals surface area contributed by atoms with E-state index in [1.165, 1.54) is 0 Å². The molecule has 3 aromatic rings. The van der Waals surface area contributed by atoms with E-state index in [1.54, 1.807) is 73.7 Å². The number of benzene rings is 3. The Morgan fingerprint density at radius 2 is 1.55 bits per heavy atom. The monoisotopic (exact) mass is 480 g/mol. The van der Waals surface area contributed by atoms with Crippen LogP contribution in [-0.4, -0.2) is 17.8 Å². The van der Waals surface area contributed by atoms with Gasteiger partial charge in [0.05, 0.1) is 11.3 Å². The predicted octanol–water partition coefficient (Wildman–Crippen LogP) is 5.61. The molecule has 0 saturated carbocycles. The van der Waals surface area contributed by atoms with Crippen LogP contribution in [0, 0.1) is 13.8 Å². The first-order chi connectivity index (χ1) is 15.7. The number of rotatable bonds is 5. The van der Waals surface area contributed by atoms with Crippen LogP contribution in [0.3, 0.4) is 0 Å². The third-order valence-electron chi connectivity index (χ3n) is 5.05. The first-order valence-electron chi connectivity index (χ1n) is 9.95. The molecule has 1 N–H and O–H groups in total. The van der Waals surface area contributed by atoms with E-state index < -0.39 is 17.8 Å². The Morgan fingerprint density at radius 3 is 2.18 bits per heavy atom. The van der Waals surface area contributed by atoms with Gasteiger partial charge < -0.3 is 10.1 Å². The number of esters is 1. The average Bonchev–Trinajstić information content (AvgIpc) is 3.00. The van der Waals surface area contributed by atoms with Crippen LogP contribution >= 0.6 is 23.2 Å². The molecule has 3 aromatic carbocycles. The summed E-state index contributed by atoms with van der Waals surface area (Å²) in [6.45, 7) is 3.70. The van der Waals surface area contributed by atoms with Crippen LogP contribution in [-0.2, 0) is 9.59 Å². The highest BCUT2D eigenvalue weighted by atomic mass is 35.5. The lowest BCUT2D eigenvalue weighted by Crippen LogP contribution is -2.32. The summed E-state index contributed by atoms with van der Waals surface area (Å²) in [4.78, 5) is 38.9. The smallest absolute Gasteiger partial charge is 0.343 e. The molecular weight excluding hydrogens is 463 g/mol. The van der Waals surface area contributed by atoms with E-state index in [2.05, 4.69) is 5.32 Å². The highest BCUT2D eigenvalue weighted by molar-refractivity contribution is 6.53. The maximum absolute atomic E-state index is 12.9. The van der Waals surface area contributed by atoms with E-state index in [4.69, 9.17) is 27.9 Å². The number of ether oxygens (including phenoxy) is 1. The van der Waals surface area contributed by atoms with Gasteiger partial charge in [-0.25, -0.2) is 9.69 Å². The molecule has 166 valence electrons. The summed E-state index contributed by atoms with van der Waals surface area (Å²) in [7, 11) is 0. The van der Waals surface area contributed by atoms with Crippen molar-refractivity contribution in [1.82, 2.24) is 0 Å². The lowest BCUT2D eigenvalue weighted by Gasteiger charge is -2.15. The molecule has 1 aliphatic rings. The summed E-state index contributed by atoms with van der Waals surface area (Å²) in [5, 5.41) is 3.23. The number of anilines is 2. The third-order valence-corrected chi connectivity index (χ3v) is 5.63. The van der Waals surface area contributed by atoms with E-state index in [9.17, 15) is 14.4 Å². The van der Waals surface area contributed by atoms with Crippen LogP contribution in [0.5, 0.6) is 5.75 Å². The maximum atomic E-state index is 12.9. The fraction of sp³-hybridized carbons (Fsp3) is 0.0800. The topological polar surface area (TPSA) is 75.7 Å². The quantitative estimate of drug-likeness (QED) is 0.291. The minimum atomic E-state index is -0.605. The lowest BCUT2D eigenvalue weighted by atomic mass is 10.2. The van der Waals surface area contributed by atoms with Crippen LogP contribution in [0.2, 0.25) is 5.02 Å². The van der Waals surface area contributed by atoms with Crippen molar-refractivity contribution in [3.63, 3.8) is 0 Å². The zero-order chi connectivity index (χ0) is 23.7. The molecule has 0 unspecified atom stereocenters. The van der Waals surface area contributed by atoms with Gasteiger partial charge in [-0.3, -0.25) is 9.59 Å². The van der Waals surface area contributed by atoms with E-state index in [-0.39, 0.29) is 10.7 Å². The Bertz CT molecular complexity index is 1300. The first kappa shape index (κ1) is 22.6. The molecule has 0 saturated heterocycles. The summed E-state index contributed by atoms with van der Waals surface area (Å²) in [5.41, 5.74) is 2.92. The molecule has 0 spiro atoms. The number of carbonyl (C=O) groups is 3. The summed E-state index contributed by atoms with van der Waals surface area (Å²) in [5.74, 6) is -1.29. The van der Waals surface area contributed by atoms with Gasteiger partial charge in [0.15, 0.2) is 0 Å². The number of nitrogens with zero attached hydrogens (tertiary/aromatic N) is 1. The number of halogens is 2. The molecule has 1 heterocycles. The normalized spacial score (nSPS) is 13.5. The van der Waals surface area contributed by atoms with Gasteiger partial charge in [-0.05, 0) is 74.0 Å². The molecule has 0 atom stereocenters. The van der Waals surface area contributed by atoms with Crippen molar-refractivity contribution in [2.24, 2.45) is 0 Å². The summed E-state index contributed by atoms with van der Waals surface area (Å²) < 4.78 is 5.43. The second-order valence-electron chi connectivity index (χ2n) is 7.47. The fourth-order valence-corrected chi connectivity index (χ4v) is 3.70. The minimum Gasteiger partial charge on any atom is -0.423 e. The maximum Gasteiger partial charge on any atom is 0.343 e. The second-order valence-corrected chi connectivity index (χ2v) is 8.29. The summed E-state index contributed by atoms with van der Waals surface area (Å²) >= 11 is 12.1. The number of carbonyl (C=O) groups excluding carboxylic acids is 3. The molecule has 2 amide bonds. The van der Waals surface area contributed by atoms with Gasteiger partial charge >= 0.3 is 5.97 Å². The molecule has 0 radical (unpaired) electrons. The highest BCUT2D eigenvalue weighted by Gasteiger charge is 2.38. The van der Waals surface area contributed by atoms with E-state index in [0.29, 0.717) is 27.7 Å². The highest BCUT2D eigenvalue weighted by Crippen LogP contribution is 2.30. The van der Waals surface area contributed by atoms with Gasteiger partial charge in [0, 0.05) is 10.7 Å². The predicted molar refractivity (Wildman–Crippen MR) is 128 cm³/mol. The van der Waals surface area contributed by atoms with Crippen molar-refractivity contribution in [2.45, 2.75) is 13.8 Å². The SMILES string of the molecule is Cc1ccc(N2C(=O)C(Cl)=C(Nc3ccc(C(=O)Oc4ccc(Cl)cc4C)cc3)C2=O)cc1. The Balaban J connectivity index is 1.48. The Labute approximate surface area is 200 Å². The average molecular weight is 481 g/mol. The zero-order valence-electron chi connectivity index (χ0n) is 17.7. The minimum absolute atomic E-state index is 0.0330.